The molecule has 390 valence electrons. The minimum Gasteiger partial charge on any atom is -0.331 e. The molecule has 0 bridgehead atoms. The monoisotopic (exact) mass is 975 g/mol. The zero-order chi connectivity index (χ0) is 51.6. The third-order valence-electron chi connectivity index (χ3n) is 16.8. The molecule has 5 aromatic rings. The maximum absolute atomic E-state index is 2.71. The van der Waals surface area contributed by atoms with Crippen molar-refractivity contribution in [2.75, 3.05) is 111 Å². The first kappa shape index (κ1) is 55.7. The van der Waals surface area contributed by atoms with Crippen molar-refractivity contribution in [1.29, 1.82) is 0 Å². The molecular formula is C68H102N4+4. The van der Waals surface area contributed by atoms with E-state index in [0.29, 0.717) is 0 Å². The van der Waals surface area contributed by atoms with Gasteiger partial charge in [0.15, 0.2) is 0 Å². The number of quaternary nitrogens is 4. The van der Waals surface area contributed by atoms with Crippen LogP contribution in [0.15, 0.2) is 109 Å². The molecule has 0 saturated heterocycles. The summed E-state index contributed by atoms with van der Waals surface area (Å²) in [6.45, 7) is 4.99. The van der Waals surface area contributed by atoms with Crippen molar-refractivity contribution < 1.29 is 17.9 Å². The van der Waals surface area contributed by atoms with E-state index in [0.717, 1.165) is 17.9 Å². The molecule has 2 aliphatic rings. The standard InChI is InChI=1S/C68H102N4/c1-69(2,3)48-30-17-13-26-44-67(45-27-14-18-31-49-70(4,5)6)63-37-25-24-36-59(63)60-42-39-57(53-64(60)67)58-40-43-62-61-41-38-56(55-34-22-21-23-35-55)52-65(61)68(66(62)54-58,46-28-15-19-32-50-71(7,8)9)47-29-16-20-33-51-72(10,11)12/h21-25,34-43,52-54H,13-20,26-33,44-51H2,1-12H3/q+4. The molecule has 0 aromatic heterocycles. The molecule has 0 spiro atoms. The third kappa shape index (κ3) is 14.6. The molecular weight excluding hydrogens is 873 g/mol. The lowest BCUT2D eigenvalue weighted by molar-refractivity contribution is -0.870. The average molecular weight is 976 g/mol. The highest BCUT2D eigenvalue weighted by Crippen LogP contribution is 2.58. The van der Waals surface area contributed by atoms with Crippen molar-refractivity contribution in [3.63, 3.8) is 0 Å². The third-order valence-corrected chi connectivity index (χ3v) is 16.8. The Hall–Kier alpha value is -4.06. The Bertz CT molecular complexity index is 2430. The Morgan fingerprint density at radius 3 is 0.875 bits per heavy atom. The van der Waals surface area contributed by atoms with Crippen molar-refractivity contribution >= 4 is 0 Å². The summed E-state index contributed by atoms with van der Waals surface area (Å²) in [5.41, 5.74) is 17.8. The van der Waals surface area contributed by atoms with Crippen molar-refractivity contribution in [1.82, 2.24) is 0 Å². The zero-order valence-electron chi connectivity index (χ0n) is 48.2. The van der Waals surface area contributed by atoms with Gasteiger partial charge in [-0.1, -0.05) is 142 Å². The van der Waals surface area contributed by atoms with E-state index in [1.165, 1.54) is 199 Å². The predicted molar refractivity (Wildman–Crippen MR) is 314 cm³/mol. The minimum absolute atomic E-state index is 0.0138. The van der Waals surface area contributed by atoms with Gasteiger partial charge in [-0.25, -0.2) is 0 Å². The molecule has 0 saturated carbocycles. The first-order valence-corrected chi connectivity index (χ1v) is 29.0. The number of hydrogen-bond acceptors (Lipinski definition) is 0. The largest absolute Gasteiger partial charge is 0.331 e. The summed E-state index contributed by atoms with van der Waals surface area (Å²) in [6.07, 6.45) is 25.7. The van der Waals surface area contributed by atoms with Crippen LogP contribution in [0.4, 0.5) is 0 Å². The SMILES string of the molecule is C[N+](C)(C)CCCCCCC1(CCCCCC[N+](C)(C)C)c2ccccc2-c2ccc(-c3ccc4c(c3)C(CCCCCC[N+](C)(C)C)(CCCCCC[N+](C)(C)C)c3cc(-c5ccccc5)ccc3-4)cc21. The van der Waals surface area contributed by atoms with E-state index in [1.807, 2.05) is 0 Å². The number of hydrogen-bond donors (Lipinski definition) is 0. The molecule has 0 atom stereocenters. The van der Waals surface area contributed by atoms with Crippen LogP contribution in [-0.2, 0) is 10.8 Å². The lowest BCUT2D eigenvalue weighted by atomic mass is 9.69. The Balaban J connectivity index is 1.27. The topological polar surface area (TPSA) is 0 Å². The molecule has 0 N–H and O–H groups in total. The highest BCUT2D eigenvalue weighted by Gasteiger charge is 2.44. The van der Waals surface area contributed by atoms with Crippen LogP contribution < -0.4 is 0 Å². The summed E-state index contributed by atoms with van der Waals surface area (Å²) >= 11 is 0. The van der Waals surface area contributed by atoms with E-state index in [1.54, 1.807) is 22.3 Å². The fourth-order valence-corrected chi connectivity index (χ4v) is 12.9. The molecule has 7 rings (SSSR count). The summed E-state index contributed by atoms with van der Waals surface area (Å²) in [5, 5.41) is 0. The second-order valence-corrected chi connectivity index (χ2v) is 27.1. The van der Waals surface area contributed by atoms with Crippen LogP contribution in [0.3, 0.4) is 0 Å². The van der Waals surface area contributed by atoms with Gasteiger partial charge in [-0.15, -0.1) is 0 Å². The molecule has 4 heteroatoms. The van der Waals surface area contributed by atoms with E-state index >= 15 is 0 Å². The lowest BCUT2D eigenvalue weighted by Gasteiger charge is -2.34. The van der Waals surface area contributed by atoms with Crippen LogP contribution in [0.5, 0.6) is 0 Å². The van der Waals surface area contributed by atoms with Crippen molar-refractivity contribution in [3.05, 3.63) is 131 Å². The van der Waals surface area contributed by atoms with Gasteiger partial charge in [0.05, 0.1) is 111 Å². The van der Waals surface area contributed by atoms with Gasteiger partial charge in [-0.3, -0.25) is 0 Å². The van der Waals surface area contributed by atoms with Gasteiger partial charge in [-0.2, -0.15) is 0 Å². The van der Waals surface area contributed by atoms with E-state index in [4.69, 9.17) is 0 Å². The second kappa shape index (κ2) is 24.1. The summed E-state index contributed by atoms with van der Waals surface area (Å²) in [5.74, 6) is 0. The lowest BCUT2D eigenvalue weighted by Crippen LogP contribution is -2.35. The molecule has 72 heavy (non-hydrogen) atoms. The Morgan fingerprint density at radius 2 is 0.528 bits per heavy atom. The molecule has 2 aliphatic carbocycles. The fourth-order valence-electron chi connectivity index (χ4n) is 12.9. The van der Waals surface area contributed by atoms with Crippen molar-refractivity contribution in [3.8, 4) is 44.5 Å². The minimum atomic E-state index is -0.0138. The maximum atomic E-state index is 2.71. The summed E-state index contributed by atoms with van der Waals surface area (Å²) < 4.78 is 4.21. The van der Waals surface area contributed by atoms with Gasteiger partial charge in [-0.05, 0) is 162 Å². The second-order valence-electron chi connectivity index (χ2n) is 27.1. The number of nitrogens with zero attached hydrogens (tertiary/aromatic N) is 4. The maximum Gasteiger partial charge on any atom is 0.0780 e. The van der Waals surface area contributed by atoms with Crippen molar-refractivity contribution in [2.24, 2.45) is 0 Å². The average Bonchev–Trinajstić information content (AvgIpc) is 3.75. The molecule has 0 fully saturated rings. The van der Waals surface area contributed by atoms with E-state index in [2.05, 4.69) is 194 Å². The summed E-state index contributed by atoms with van der Waals surface area (Å²) in [7, 11) is 28.1. The van der Waals surface area contributed by atoms with Gasteiger partial charge >= 0.3 is 0 Å². The number of benzene rings is 5. The van der Waals surface area contributed by atoms with Gasteiger partial charge in [0, 0.05) is 10.8 Å². The fraction of sp³-hybridized carbons (Fsp3) is 0.559. The number of rotatable bonds is 30. The van der Waals surface area contributed by atoms with Crippen LogP contribution >= 0.6 is 0 Å². The molecule has 0 radical (unpaired) electrons. The molecule has 0 amide bonds. The van der Waals surface area contributed by atoms with Crippen molar-refractivity contribution in [2.45, 2.75) is 139 Å². The van der Waals surface area contributed by atoms with Gasteiger partial charge in [0.25, 0.3) is 0 Å². The quantitative estimate of drug-likeness (QED) is 0.0318. The number of fused-ring (bicyclic) bond motifs is 6. The first-order chi connectivity index (χ1) is 34.2. The van der Waals surface area contributed by atoms with Crippen LogP contribution in [-0.4, -0.2) is 129 Å². The van der Waals surface area contributed by atoms with Crippen LogP contribution in [0.25, 0.3) is 44.5 Å². The van der Waals surface area contributed by atoms with E-state index < -0.39 is 0 Å². The van der Waals surface area contributed by atoms with Gasteiger partial charge < -0.3 is 17.9 Å². The molecule has 0 heterocycles. The predicted octanol–water partition coefficient (Wildman–Crippen LogP) is 16.2. The Labute approximate surface area is 441 Å². The summed E-state index contributed by atoms with van der Waals surface area (Å²) in [6, 6.07) is 43.7. The van der Waals surface area contributed by atoms with E-state index in [9.17, 15) is 0 Å². The normalized spacial score (nSPS) is 14.8. The Morgan fingerprint density at radius 1 is 0.250 bits per heavy atom. The smallest absolute Gasteiger partial charge is 0.0780 e. The molecule has 0 aliphatic heterocycles. The molecule has 5 aromatic carbocycles. The van der Waals surface area contributed by atoms with Crippen LogP contribution in [0, 0.1) is 0 Å². The zero-order valence-corrected chi connectivity index (χ0v) is 48.2. The molecule has 0 unspecified atom stereocenters. The first-order valence-electron chi connectivity index (χ1n) is 29.0. The highest BCUT2D eigenvalue weighted by atomic mass is 15.3. The summed E-state index contributed by atoms with van der Waals surface area (Å²) in [4.78, 5) is 0. The van der Waals surface area contributed by atoms with Gasteiger partial charge in [0.1, 0.15) is 0 Å². The van der Waals surface area contributed by atoms with Crippen LogP contribution in [0.1, 0.15) is 151 Å². The van der Waals surface area contributed by atoms with Gasteiger partial charge in [0.2, 0.25) is 0 Å². The van der Waals surface area contributed by atoms with E-state index in [-0.39, 0.29) is 10.8 Å². The Kier molecular flexibility index (Phi) is 18.6. The van der Waals surface area contributed by atoms with Crippen LogP contribution in [0.2, 0.25) is 0 Å². The highest BCUT2D eigenvalue weighted by molar-refractivity contribution is 5.88. The number of unbranched alkanes of at least 4 members (excludes halogenated alkanes) is 12. The molecule has 4 nitrogen and oxygen atoms in total.